The van der Waals surface area contributed by atoms with Crippen LogP contribution in [0.25, 0.3) is 10.9 Å². The maximum Gasteiger partial charge on any atom is 0.269 e. The third-order valence-electron chi connectivity index (χ3n) is 4.72. The van der Waals surface area contributed by atoms with Crippen LogP contribution in [0.1, 0.15) is 23.3 Å². The van der Waals surface area contributed by atoms with Crippen LogP contribution in [0.15, 0.2) is 24.3 Å². The molecule has 124 valence electrons. The van der Waals surface area contributed by atoms with Crippen LogP contribution in [0.5, 0.6) is 0 Å². The zero-order chi connectivity index (χ0) is 16.4. The highest BCUT2D eigenvalue weighted by Gasteiger charge is 2.33. The number of alkyl halides is 1. The largest absolute Gasteiger partial charge is 0.381 e. The number of aromatic nitrogens is 1. The molecule has 1 amide bonds. The zero-order valence-corrected chi connectivity index (χ0v) is 13.8. The van der Waals surface area contributed by atoms with Crippen molar-refractivity contribution in [2.75, 3.05) is 26.4 Å². The molecule has 1 aromatic carbocycles. The molecule has 1 aromatic heterocycles. The fourth-order valence-electron chi connectivity index (χ4n) is 3.11. The summed E-state index contributed by atoms with van der Waals surface area (Å²) >= 11 is 6.37. The Bertz CT molecular complexity index is 684. The van der Waals surface area contributed by atoms with Crippen LogP contribution in [0.2, 0.25) is 5.02 Å². The fourth-order valence-corrected chi connectivity index (χ4v) is 3.48. The summed E-state index contributed by atoms with van der Waals surface area (Å²) in [6.45, 7) is 0.909. The quantitative estimate of drug-likeness (QED) is 0.929. The predicted molar refractivity (Wildman–Crippen MR) is 88.7 cm³/mol. The number of carbonyl (C=O) groups is 1. The maximum atomic E-state index is 13.5. The first kappa shape index (κ1) is 16.3. The van der Waals surface area contributed by atoms with Crippen LogP contribution in [-0.2, 0) is 11.8 Å². The number of hydrogen-bond donors (Lipinski definition) is 1. The molecule has 2 aromatic rings. The molecule has 0 atom stereocenters. The van der Waals surface area contributed by atoms with Gasteiger partial charge in [-0.05, 0) is 18.9 Å². The van der Waals surface area contributed by atoms with Crippen molar-refractivity contribution in [3.63, 3.8) is 0 Å². The Morgan fingerprint density at radius 3 is 2.74 bits per heavy atom. The van der Waals surface area contributed by atoms with Gasteiger partial charge < -0.3 is 14.6 Å². The van der Waals surface area contributed by atoms with Gasteiger partial charge in [-0.25, -0.2) is 0 Å². The summed E-state index contributed by atoms with van der Waals surface area (Å²) in [5.41, 5.74) is 0.785. The van der Waals surface area contributed by atoms with Crippen molar-refractivity contribution >= 4 is 28.4 Å². The molecular weight excluding hydrogens is 319 g/mol. The molecule has 1 saturated heterocycles. The van der Waals surface area contributed by atoms with Gasteiger partial charge in [-0.3, -0.25) is 9.18 Å². The van der Waals surface area contributed by atoms with Gasteiger partial charge in [0.05, 0.1) is 11.7 Å². The Morgan fingerprint density at radius 2 is 2.09 bits per heavy atom. The number of halogens is 2. The van der Waals surface area contributed by atoms with E-state index in [2.05, 4.69) is 5.32 Å². The molecule has 4 nitrogen and oxygen atoms in total. The Balaban J connectivity index is 1.81. The van der Waals surface area contributed by atoms with E-state index in [0.29, 0.717) is 43.3 Å². The van der Waals surface area contributed by atoms with Crippen LogP contribution in [-0.4, -0.2) is 36.9 Å². The topological polar surface area (TPSA) is 43.3 Å². The third kappa shape index (κ3) is 2.95. The van der Waals surface area contributed by atoms with Gasteiger partial charge in [0, 0.05) is 43.1 Å². The number of nitrogens with one attached hydrogen (secondary N) is 1. The summed E-state index contributed by atoms with van der Waals surface area (Å²) < 4.78 is 20.5. The van der Waals surface area contributed by atoms with Crippen LogP contribution in [0.3, 0.4) is 0 Å². The molecule has 0 aliphatic carbocycles. The average molecular weight is 339 g/mol. The van der Waals surface area contributed by atoms with Crippen LogP contribution in [0, 0.1) is 5.41 Å². The van der Waals surface area contributed by atoms with E-state index in [1.807, 2.05) is 31.3 Å². The van der Waals surface area contributed by atoms with Crippen molar-refractivity contribution in [2.24, 2.45) is 12.5 Å². The van der Waals surface area contributed by atoms with Gasteiger partial charge in [-0.1, -0.05) is 29.8 Å². The summed E-state index contributed by atoms with van der Waals surface area (Å²) in [7, 11) is 1.81. The Labute approximate surface area is 139 Å². The summed E-state index contributed by atoms with van der Waals surface area (Å²) in [5, 5.41) is 4.14. The second kappa shape index (κ2) is 6.49. The second-order valence-electron chi connectivity index (χ2n) is 6.17. The lowest BCUT2D eigenvalue weighted by atomic mass is 9.81. The number of fused-ring (bicyclic) bond motifs is 1. The minimum Gasteiger partial charge on any atom is -0.381 e. The third-order valence-corrected chi connectivity index (χ3v) is 5.10. The number of benzene rings is 1. The molecule has 0 spiro atoms. The number of ether oxygens (including phenoxy) is 1. The van der Waals surface area contributed by atoms with Gasteiger partial charge in [0.2, 0.25) is 0 Å². The number of rotatable bonds is 4. The van der Waals surface area contributed by atoms with E-state index in [-0.39, 0.29) is 5.91 Å². The minimum atomic E-state index is -0.523. The maximum absolute atomic E-state index is 13.5. The first-order valence-electron chi connectivity index (χ1n) is 7.73. The molecule has 1 aliphatic heterocycles. The molecule has 2 heterocycles. The van der Waals surface area contributed by atoms with Crippen LogP contribution >= 0.6 is 11.6 Å². The number of aryl methyl sites for hydroxylation is 1. The lowest BCUT2D eigenvalue weighted by Crippen LogP contribution is -2.43. The number of carbonyl (C=O) groups excluding carboxylic acids is 1. The first-order chi connectivity index (χ1) is 11.1. The van der Waals surface area contributed by atoms with Crippen molar-refractivity contribution in [2.45, 2.75) is 12.8 Å². The van der Waals surface area contributed by atoms with Crippen molar-refractivity contribution in [1.82, 2.24) is 9.88 Å². The summed E-state index contributed by atoms with van der Waals surface area (Å²) in [6, 6.07) is 7.59. The lowest BCUT2D eigenvalue weighted by molar-refractivity contribution is 0.00257. The van der Waals surface area contributed by atoms with Gasteiger partial charge in [-0.2, -0.15) is 0 Å². The second-order valence-corrected chi connectivity index (χ2v) is 6.55. The van der Waals surface area contributed by atoms with Gasteiger partial charge in [0.25, 0.3) is 5.91 Å². The van der Waals surface area contributed by atoms with E-state index in [9.17, 15) is 9.18 Å². The molecule has 0 bridgehead atoms. The highest BCUT2D eigenvalue weighted by molar-refractivity contribution is 6.38. The SMILES string of the molecule is Cn1c(C(=O)NCC2(CF)CCOCC2)c(Cl)c2ccccc21. The first-order valence-corrected chi connectivity index (χ1v) is 8.11. The highest BCUT2D eigenvalue weighted by atomic mass is 35.5. The van der Waals surface area contributed by atoms with E-state index >= 15 is 0 Å². The fraction of sp³-hybridized carbons (Fsp3) is 0.471. The lowest BCUT2D eigenvalue weighted by Gasteiger charge is -2.34. The molecular formula is C17H20ClFN2O2. The zero-order valence-electron chi connectivity index (χ0n) is 13.1. The summed E-state index contributed by atoms with van der Waals surface area (Å²) in [5.74, 6) is -0.270. The standard InChI is InChI=1S/C17H20ClFN2O2/c1-21-13-5-3-2-4-12(13)14(18)15(21)16(22)20-11-17(10-19)6-8-23-9-7-17/h2-5H,6-11H2,1H3,(H,20,22). The molecule has 1 N–H and O–H groups in total. The van der Waals surface area contributed by atoms with Crippen molar-refractivity contribution in [3.05, 3.63) is 35.0 Å². The van der Waals surface area contributed by atoms with Crippen molar-refractivity contribution in [3.8, 4) is 0 Å². The van der Waals surface area contributed by atoms with Gasteiger partial charge in [0.1, 0.15) is 5.69 Å². The number of nitrogens with zero attached hydrogens (tertiary/aromatic N) is 1. The number of para-hydroxylation sites is 1. The van der Waals surface area contributed by atoms with E-state index in [1.54, 1.807) is 4.57 Å². The van der Waals surface area contributed by atoms with E-state index in [1.165, 1.54) is 0 Å². The molecule has 1 fully saturated rings. The highest BCUT2D eigenvalue weighted by Crippen LogP contribution is 2.32. The Morgan fingerprint density at radius 1 is 1.39 bits per heavy atom. The van der Waals surface area contributed by atoms with Crippen molar-refractivity contribution in [1.29, 1.82) is 0 Å². The van der Waals surface area contributed by atoms with E-state index in [0.717, 1.165) is 10.9 Å². The molecule has 0 radical (unpaired) electrons. The van der Waals surface area contributed by atoms with Crippen LogP contribution < -0.4 is 5.32 Å². The molecule has 0 saturated carbocycles. The summed E-state index contributed by atoms with van der Waals surface area (Å²) in [4.78, 5) is 12.6. The molecule has 3 rings (SSSR count). The predicted octanol–water partition coefficient (Wildman–Crippen LogP) is 3.33. The molecule has 1 aliphatic rings. The van der Waals surface area contributed by atoms with Gasteiger partial charge in [-0.15, -0.1) is 0 Å². The minimum absolute atomic E-state index is 0.270. The monoisotopic (exact) mass is 338 g/mol. The van der Waals surface area contributed by atoms with Crippen LogP contribution in [0.4, 0.5) is 4.39 Å². The van der Waals surface area contributed by atoms with E-state index < -0.39 is 12.1 Å². The Hall–Kier alpha value is -1.59. The normalized spacial score (nSPS) is 17.3. The van der Waals surface area contributed by atoms with Crippen molar-refractivity contribution < 1.29 is 13.9 Å². The number of amides is 1. The summed E-state index contributed by atoms with van der Waals surface area (Å²) in [6.07, 6.45) is 1.24. The average Bonchev–Trinajstić information content (AvgIpc) is 2.85. The Kier molecular flexibility index (Phi) is 4.60. The molecule has 6 heteroatoms. The van der Waals surface area contributed by atoms with Gasteiger partial charge in [0.15, 0.2) is 0 Å². The molecule has 0 unspecified atom stereocenters. The smallest absolute Gasteiger partial charge is 0.269 e. The number of hydrogen-bond acceptors (Lipinski definition) is 2. The molecule has 23 heavy (non-hydrogen) atoms. The van der Waals surface area contributed by atoms with E-state index in [4.69, 9.17) is 16.3 Å². The van der Waals surface area contributed by atoms with Gasteiger partial charge >= 0.3 is 0 Å².